The predicted molar refractivity (Wildman–Crippen MR) is 79.5 cm³/mol. The molecule has 2 aromatic heterocycles. The molecule has 3 N–H and O–H groups in total. The molecule has 0 aliphatic heterocycles. The molecular formula is C15H22N4O2. The third-order valence-electron chi connectivity index (χ3n) is 3.11. The predicted octanol–water partition coefficient (Wildman–Crippen LogP) is 1.71. The summed E-state index contributed by atoms with van der Waals surface area (Å²) in [6, 6.07) is 3.63. The lowest BCUT2D eigenvalue weighted by Gasteiger charge is -2.18. The van der Waals surface area contributed by atoms with E-state index in [0.29, 0.717) is 13.1 Å². The van der Waals surface area contributed by atoms with Crippen molar-refractivity contribution in [3.63, 3.8) is 0 Å². The zero-order valence-electron chi connectivity index (χ0n) is 12.7. The molecule has 0 bridgehead atoms. The van der Waals surface area contributed by atoms with Crippen LogP contribution in [-0.4, -0.2) is 22.6 Å². The van der Waals surface area contributed by atoms with Gasteiger partial charge in [0.2, 0.25) is 5.91 Å². The van der Waals surface area contributed by atoms with Crippen molar-refractivity contribution in [3.05, 3.63) is 41.6 Å². The van der Waals surface area contributed by atoms with Gasteiger partial charge in [-0.3, -0.25) is 9.89 Å². The number of rotatable bonds is 6. The van der Waals surface area contributed by atoms with E-state index in [1.807, 2.05) is 6.07 Å². The minimum Gasteiger partial charge on any atom is -0.467 e. The third kappa shape index (κ3) is 4.46. The zero-order valence-corrected chi connectivity index (χ0v) is 12.7. The summed E-state index contributed by atoms with van der Waals surface area (Å²) in [7, 11) is 0. The highest BCUT2D eigenvalue weighted by atomic mass is 16.3. The number of amides is 1. The number of nitrogens with zero attached hydrogens (tertiary/aromatic N) is 1. The van der Waals surface area contributed by atoms with Crippen LogP contribution >= 0.6 is 0 Å². The Morgan fingerprint density at radius 1 is 1.38 bits per heavy atom. The van der Waals surface area contributed by atoms with E-state index in [0.717, 1.165) is 17.0 Å². The van der Waals surface area contributed by atoms with E-state index in [4.69, 9.17) is 4.42 Å². The normalized spacial score (nSPS) is 11.6. The summed E-state index contributed by atoms with van der Waals surface area (Å²) in [5.41, 5.74) is 2.18. The number of aromatic amines is 1. The lowest BCUT2D eigenvalue weighted by Crippen LogP contribution is -2.33. The molecule has 0 radical (unpaired) electrons. The highest BCUT2D eigenvalue weighted by Gasteiger charge is 2.19. The zero-order chi connectivity index (χ0) is 15.3. The first-order chi connectivity index (χ1) is 9.97. The van der Waals surface area contributed by atoms with E-state index in [1.165, 1.54) is 0 Å². The van der Waals surface area contributed by atoms with Crippen molar-refractivity contribution >= 4 is 5.91 Å². The molecule has 0 atom stereocenters. The number of H-pyrrole nitrogens is 1. The molecule has 6 heteroatoms. The Morgan fingerprint density at radius 2 is 2.19 bits per heavy atom. The fourth-order valence-electron chi connectivity index (χ4n) is 2.07. The van der Waals surface area contributed by atoms with Gasteiger partial charge in [-0.25, -0.2) is 0 Å². The number of hydrogen-bond acceptors (Lipinski definition) is 4. The molecule has 0 aromatic carbocycles. The minimum absolute atomic E-state index is 0.00899. The lowest BCUT2D eigenvalue weighted by molar-refractivity contribution is -0.120. The van der Waals surface area contributed by atoms with Crippen LogP contribution in [0.2, 0.25) is 0 Å². The Kier molecular flexibility index (Phi) is 4.80. The van der Waals surface area contributed by atoms with Crippen LogP contribution < -0.4 is 10.6 Å². The summed E-state index contributed by atoms with van der Waals surface area (Å²) in [4.78, 5) is 11.7. The number of aromatic nitrogens is 2. The highest BCUT2D eigenvalue weighted by molar-refractivity contribution is 5.77. The van der Waals surface area contributed by atoms with Gasteiger partial charge >= 0.3 is 0 Å². The van der Waals surface area contributed by atoms with Crippen LogP contribution in [0.4, 0.5) is 0 Å². The molecule has 0 spiro atoms. The van der Waals surface area contributed by atoms with Crippen LogP contribution in [0.25, 0.3) is 0 Å². The number of nitrogens with one attached hydrogen (secondary N) is 3. The molecule has 21 heavy (non-hydrogen) atoms. The van der Waals surface area contributed by atoms with E-state index in [1.54, 1.807) is 18.5 Å². The van der Waals surface area contributed by atoms with Gasteiger partial charge in [-0.05, 0) is 12.1 Å². The number of furan rings is 1. The first kappa shape index (κ1) is 15.3. The van der Waals surface area contributed by atoms with Crippen LogP contribution in [-0.2, 0) is 23.3 Å². The van der Waals surface area contributed by atoms with Crippen LogP contribution in [0.15, 0.2) is 29.0 Å². The SMILES string of the molecule is CC(C)(C)c1[nH]ncc1CNCC(=O)NCc1ccco1. The highest BCUT2D eigenvalue weighted by Crippen LogP contribution is 2.22. The summed E-state index contributed by atoms with van der Waals surface area (Å²) in [5, 5.41) is 13.0. The van der Waals surface area contributed by atoms with Gasteiger partial charge in [-0.15, -0.1) is 0 Å². The van der Waals surface area contributed by atoms with Gasteiger partial charge in [0.1, 0.15) is 5.76 Å². The fourth-order valence-corrected chi connectivity index (χ4v) is 2.07. The van der Waals surface area contributed by atoms with Crippen LogP contribution in [0.3, 0.4) is 0 Å². The number of carbonyl (C=O) groups is 1. The van der Waals surface area contributed by atoms with Crippen molar-refractivity contribution in [3.8, 4) is 0 Å². The summed E-state index contributed by atoms with van der Waals surface area (Å²) in [6.07, 6.45) is 3.39. The standard InChI is InChI=1S/C15H22N4O2/c1-15(2,3)14-11(8-18-19-14)7-16-10-13(20)17-9-12-5-4-6-21-12/h4-6,8,16H,7,9-10H2,1-3H3,(H,17,20)(H,18,19). The molecule has 0 saturated heterocycles. The topological polar surface area (TPSA) is 83.0 Å². The molecule has 0 unspecified atom stereocenters. The monoisotopic (exact) mass is 290 g/mol. The van der Waals surface area contributed by atoms with Crippen molar-refractivity contribution in [1.82, 2.24) is 20.8 Å². The number of carbonyl (C=O) groups excluding carboxylic acids is 1. The fraction of sp³-hybridized carbons (Fsp3) is 0.467. The van der Waals surface area contributed by atoms with Gasteiger partial charge in [-0.2, -0.15) is 5.10 Å². The molecule has 0 saturated carbocycles. The molecule has 0 aliphatic carbocycles. The first-order valence-electron chi connectivity index (χ1n) is 6.99. The maximum Gasteiger partial charge on any atom is 0.234 e. The van der Waals surface area contributed by atoms with Gasteiger partial charge in [-0.1, -0.05) is 20.8 Å². The van der Waals surface area contributed by atoms with Crippen LogP contribution in [0.1, 0.15) is 37.8 Å². The van der Waals surface area contributed by atoms with Gasteiger partial charge in [0.05, 0.1) is 25.5 Å². The van der Waals surface area contributed by atoms with E-state index in [2.05, 4.69) is 41.6 Å². The van der Waals surface area contributed by atoms with E-state index in [-0.39, 0.29) is 17.9 Å². The van der Waals surface area contributed by atoms with Gasteiger partial charge < -0.3 is 15.1 Å². The molecule has 2 rings (SSSR count). The average molecular weight is 290 g/mol. The van der Waals surface area contributed by atoms with Crippen molar-refractivity contribution in [2.75, 3.05) is 6.54 Å². The number of hydrogen-bond donors (Lipinski definition) is 3. The van der Waals surface area contributed by atoms with Crippen molar-refractivity contribution in [1.29, 1.82) is 0 Å². The van der Waals surface area contributed by atoms with Crippen molar-refractivity contribution in [2.45, 2.75) is 39.3 Å². The van der Waals surface area contributed by atoms with Gasteiger partial charge in [0, 0.05) is 23.2 Å². The van der Waals surface area contributed by atoms with Crippen molar-refractivity contribution in [2.24, 2.45) is 0 Å². The molecule has 2 aromatic rings. The molecule has 1 amide bonds. The summed E-state index contributed by atoms with van der Waals surface area (Å²) in [5.74, 6) is 0.681. The third-order valence-corrected chi connectivity index (χ3v) is 3.11. The largest absolute Gasteiger partial charge is 0.467 e. The van der Waals surface area contributed by atoms with Gasteiger partial charge in [0.15, 0.2) is 0 Å². The summed E-state index contributed by atoms with van der Waals surface area (Å²) < 4.78 is 5.15. The summed E-state index contributed by atoms with van der Waals surface area (Å²) >= 11 is 0. The van der Waals surface area contributed by atoms with E-state index < -0.39 is 0 Å². The van der Waals surface area contributed by atoms with Crippen molar-refractivity contribution < 1.29 is 9.21 Å². The molecule has 0 aliphatic rings. The van der Waals surface area contributed by atoms with E-state index >= 15 is 0 Å². The van der Waals surface area contributed by atoms with Gasteiger partial charge in [0.25, 0.3) is 0 Å². The maximum absolute atomic E-state index is 11.7. The minimum atomic E-state index is -0.0628. The Hall–Kier alpha value is -2.08. The average Bonchev–Trinajstić information content (AvgIpc) is 3.06. The summed E-state index contributed by atoms with van der Waals surface area (Å²) in [6.45, 7) is 7.65. The molecule has 0 fully saturated rings. The molecule has 114 valence electrons. The van der Waals surface area contributed by atoms with Crippen LogP contribution in [0.5, 0.6) is 0 Å². The van der Waals surface area contributed by atoms with Crippen LogP contribution in [0, 0.1) is 0 Å². The second kappa shape index (κ2) is 6.58. The quantitative estimate of drug-likeness (QED) is 0.756. The Morgan fingerprint density at radius 3 is 2.86 bits per heavy atom. The smallest absolute Gasteiger partial charge is 0.234 e. The first-order valence-corrected chi connectivity index (χ1v) is 6.99. The lowest BCUT2D eigenvalue weighted by atomic mass is 9.89. The molecular weight excluding hydrogens is 268 g/mol. The molecule has 6 nitrogen and oxygen atoms in total. The maximum atomic E-state index is 11.7. The Labute approximate surface area is 124 Å². The second-order valence-corrected chi connectivity index (χ2v) is 5.98. The molecule has 2 heterocycles. The Bertz CT molecular complexity index is 567. The Balaban J connectivity index is 1.74. The second-order valence-electron chi connectivity index (χ2n) is 5.98. The van der Waals surface area contributed by atoms with E-state index in [9.17, 15) is 4.79 Å².